The highest BCUT2D eigenvalue weighted by atomic mass is 35.6. The van der Waals surface area contributed by atoms with Crippen LogP contribution < -0.4 is 0 Å². The topological polar surface area (TPSA) is 54.5 Å². The van der Waals surface area contributed by atoms with Gasteiger partial charge in [0.05, 0.1) is 4.90 Å². The van der Waals surface area contributed by atoms with Gasteiger partial charge >= 0.3 is 0 Å². The Balaban J connectivity index is 2.50. The van der Waals surface area contributed by atoms with E-state index in [9.17, 15) is 13.2 Å². The summed E-state index contributed by atoms with van der Waals surface area (Å²) in [5, 5.41) is 1.64. The van der Waals surface area contributed by atoms with Gasteiger partial charge in [-0.25, -0.2) is 12.7 Å². The lowest BCUT2D eigenvalue weighted by Gasteiger charge is -2.25. The van der Waals surface area contributed by atoms with Gasteiger partial charge in [0, 0.05) is 6.54 Å². The summed E-state index contributed by atoms with van der Waals surface area (Å²) in [6, 6.07) is 12.0. The van der Waals surface area contributed by atoms with Crippen molar-refractivity contribution >= 4 is 61.5 Å². The van der Waals surface area contributed by atoms with Crippen molar-refractivity contribution in [1.82, 2.24) is 4.31 Å². The quantitative estimate of drug-likeness (QED) is 0.683. The molecule has 0 aliphatic heterocycles. The van der Waals surface area contributed by atoms with E-state index in [0.717, 1.165) is 10.8 Å². The van der Waals surface area contributed by atoms with Crippen molar-refractivity contribution < 1.29 is 13.2 Å². The van der Waals surface area contributed by atoms with Crippen molar-refractivity contribution in [1.29, 1.82) is 0 Å². The molecule has 24 heavy (non-hydrogen) atoms. The molecule has 0 bridgehead atoms. The Hall–Kier alpha value is -1.01. The second kappa shape index (κ2) is 7.48. The van der Waals surface area contributed by atoms with E-state index in [1.54, 1.807) is 18.2 Å². The average Bonchev–Trinajstić information content (AvgIpc) is 2.53. The molecule has 0 unspecified atom stereocenters. The molecule has 0 fully saturated rings. The van der Waals surface area contributed by atoms with E-state index in [1.165, 1.54) is 12.1 Å². The number of carbonyl (C=O) groups excluding carboxylic acids is 1. The van der Waals surface area contributed by atoms with Crippen LogP contribution in [0.3, 0.4) is 0 Å². The number of rotatable bonds is 5. The van der Waals surface area contributed by atoms with Gasteiger partial charge < -0.3 is 0 Å². The van der Waals surface area contributed by atoms with Crippen LogP contribution in [0.2, 0.25) is 0 Å². The van der Waals surface area contributed by atoms with E-state index < -0.39 is 19.7 Å². The van der Waals surface area contributed by atoms with Crippen LogP contribution in [0.1, 0.15) is 19.8 Å². The maximum Gasteiger partial charge on any atom is 0.288 e. The van der Waals surface area contributed by atoms with Crippen LogP contribution in [0.4, 0.5) is 0 Å². The lowest BCUT2D eigenvalue weighted by atomic mass is 10.1. The minimum absolute atomic E-state index is 0.0140. The molecule has 8 heteroatoms. The molecule has 0 saturated carbocycles. The van der Waals surface area contributed by atoms with Crippen molar-refractivity contribution in [2.45, 2.75) is 28.5 Å². The first-order chi connectivity index (χ1) is 11.2. The molecule has 0 aliphatic rings. The zero-order valence-corrected chi connectivity index (χ0v) is 16.0. The standard InChI is InChI=1S/C16H16Cl3NO3S/c1-2-3-10-20(15(21)16(17,18)19)24(22,23)14-9-8-12-6-4-5-7-13(12)11-14/h4-9,11H,2-3,10H2,1H3. The van der Waals surface area contributed by atoms with Gasteiger partial charge in [0.2, 0.25) is 0 Å². The summed E-state index contributed by atoms with van der Waals surface area (Å²) in [6.45, 7) is 1.83. The second-order valence-corrected chi connectivity index (χ2v) is 9.39. The molecule has 2 aromatic carbocycles. The summed E-state index contributed by atoms with van der Waals surface area (Å²) in [5.74, 6) is -1.07. The first kappa shape index (κ1) is 19.3. The summed E-state index contributed by atoms with van der Waals surface area (Å²) in [5.41, 5.74) is 0. The van der Waals surface area contributed by atoms with Gasteiger partial charge in [-0.05, 0) is 29.3 Å². The first-order valence-electron chi connectivity index (χ1n) is 7.30. The molecule has 0 saturated heterocycles. The number of halogens is 3. The van der Waals surface area contributed by atoms with E-state index in [1.807, 2.05) is 19.1 Å². The van der Waals surface area contributed by atoms with E-state index in [4.69, 9.17) is 34.8 Å². The molecule has 0 aliphatic carbocycles. The number of unbranched alkanes of at least 4 members (excludes halogenated alkanes) is 1. The van der Waals surface area contributed by atoms with Gasteiger partial charge in [-0.15, -0.1) is 0 Å². The van der Waals surface area contributed by atoms with Crippen molar-refractivity contribution in [2.75, 3.05) is 6.54 Å². The highest BCUT2D eigenvalue weighted by molar-refractivity contribution is 7.89. The summed E-state index contributed by atoms with van der Waals surface area (Å²) >= 11 is 16.9. The Kier molecular flexibility index (Phi) is 6.02. The van der Waals surface area contributed by atoms with Crippen LogP contribution >= 0.6 is 34.8 Å². The second-order valence-electron chi connectivity index (χ2n) is 5.24. The summed E-state index contributed by atoms with van der Waals surface area (Å²) in [6.07, 6.45) is 1.16. The maximum absolute atomic E-state index is 12.9. The van der Waals surface area contributed by atoms with Crippen LogP contribution in [0, 0.1) is 0 Å². The van der Waals surface area contributed by atoms with Crippen molar-refractivity contribution in [2.24, 2.45) is 0 Å². The lowest BCUT2D eigenvalue weighted by Crippen LogP contribution is -2.43. The fourth-order valence-electron chi connectivity index (χ4n) is 2.23. The van der Waals surface area contributed by atoms with Crippen molar-refractivity contribution in [3.8, 4) is 0 Å². The maximum atomic E-state index is 12.9. The monoisotopic (exact) mass is 407 g/mol. The molecule has 130 valence electrons. The fraction of sp³-hybridized carbons (Fsp3) is 0.312. The predicted octanol–water partition coefficient (Wildman–Crippen LogP) is 4.53. The van der Waals surface area contributed by atoms with E-state index >= 15 is 0 Å². The first-order valence-corrected chi connectivity index (χ1v) is 9.88. The number of fused-ring (bicyclic) bond motifs is 1. The van der Waals surface area contributed by atoms with Crippen LogP contribution in [0.15, 0.2) is 47.4 Å². The van der Waals surface area contributed by atoms with Gasteiger partial charge in [0.15, 0.2) is 0 Å². The molecule has 0 heterocycles. The van der Waals surface area contributed by atoms with E-state index in [0.29, 0.717) is 17.1 Å². The number of amides is 1. The summed E-state index contributed by atoms with van der Waals surface area (Å²) in [7, 11) is -4.12. The van der Waals surface area contributed by atoms with E-state index in [2.05, 4.69) is 0 Å². The number of alkyl halides is 3. The third-order valence-electron chi connectivity index (χ3n) is 3.49. The number of sulfonamides is 1. The zero-order chi connectivity index (χ0) is 18.0. The van der Waals surface area contributed by atoms with Crippen molar-refractivity contribution in [3.63, 3.8) is 0 Å². The minimum Gasteiger partial charge on any atom is -0.269 e. The van der Waals surface area contributed by atoms with Crippen LogP contribution in [-0.4, -0.2) is 29.0 Å². The molecular weight excluding hydrogens is 393 g/mol. The number of carbonyl (C=O) groups is 1. The van der Waals surface area contributed by atoms with E-state index in [-0.39, 0.29) is 11.4 Å². The SMILES string of the molecule is CCCCN(C(=O)C(Cl)(Cl)Cl)S(=O)(=O)c1ccc2ccccc2c1. The Morgan fingerprint density at radius 1 is 1.08 bits per heavy atom. The molecular formula is C16H16Cl3NO3S. The Bertz CT molecular complexity index is 847. The van der Waals surface area contributed by atoms with Crippen LogP contribution in [0.5, 0.6) is 0 Å². The molecule has 2 aromatic rings. The highest BCUT2D eigenvalue weighted by Crippen LogP contribution is 2.32. The molecule has 0 radical (unpaired) electrons. The minimum atomic E-state index is -4.12. The Labute approximate surface area is 156 Å². The number of hydrogen-bond acceptors (Lipinski definition) is 3. The van der Waals surface area contributed by atoms with Crippen LogP contribution in [-0.2, 0) is 14.8 Å². The van der Waals surface area contributed by atoms with Gasteiger partial charge in [-0.2, -0.15) is 0 Å². The predicted molar refractivity (Wildman–Crippen MR) is 98.0 cm³/mol. The number of hydrogen-bond donors (Lipinski definition) is 0. The smallest absolute Gasteiger partial charge is 0.269 e. The van der Waals surface area contributed by atoms with Gasteiger partial charge in [-0.3, -0.25) is 4.79 Å². The normalized spacial score (nSPS) is 12.3. The molecule has 0 atom stereocenters. The van der Waals surface area contributed by atoms with Gasteiger partial charge in [0.1, 0.15) is 0 Å². The fourth-order valence-corrected chi connectivity index (χ4v) is 4.18. The Morgan fingerprint density at radius 3 is 2.29 bits per heavy atom. The average molecular weight is 409 g/mol. The largest absolute Gasteiger partial charge is 0.288 e. The molecule has 1 amide bonds. The van der Waals surface area contributed by atoms with Crippen molar-refractivity contribution in [3.05, 3.63) is 42.5 Å². The van der Waals surface area contributed by atoms with Crippen LogP contribution in [0.25, 0.3) is 10.8 Å². The number of benzene rings is 2. The molecule has 0 N–H and O–H groups in total. The number of nitrogens with zero attached hydrogens (tertiary/aromatic N) is 1. The Morgan fingerprint density at radius 2 is 1.71 bits per heavy atom. The molecule has 2 rings (SSSR count). The third kappa shape index (κ3) is 4.14. The zero-order valence-electron chi connectivity index (χ0n) is 12.9. The third-order valence-corrected chi connectivity index (χ3v) is 5.76. The molecule has 0 aromatic heterocycles. The summed E-state index contributed by atoms with van der Waals surface area (Å²) < 4.78 is 24.1. The van der Waals surface area contributed by atoms with Gasteiger partial charge in [0.25, 0.3) is 19.7 Å². The highest BCUT2D eigenvalue weighted by Gasteiger charge is 2.41. The van der Waals surface area contributed by atoms with Gasteiger partial charge in [-0.1, -0.05) is 78.5 Å². The summed E-state index contributed by atoms with van der Waals surface area (Å²) in [4.78, 5) is 12.3. The molecule has 4 nitrogen and oxygen atoms in total. The molecule has 0 spiro atoms. The lowest BCUT2D eigenvalue weighted by molar-refractivity contribution is -0.125.